The second-order valence-electron chi connectivity index (χ2n) is 7.90. The lowest BCUT2D eigenvalue weighted by atomic mass is 9.65. The molecule has 1 aromatic heterocycles. The third-order valence-corrected chi connectivity index (χ3v) is 5.51. The maximum Gasteiger partial charge on any atom is 0.0630 e. The summed E-state index contributed by atoms with van der Waals surface area (Å²) < 4.78 is 2.11. The van der Waals surface area contributed by atoms with E-state index in [0.29, 0.717) is 18.0 Å². The van der Waals surface area contributed by atoms with Gasteiger partial charge in [-0.3, -0.25) is 4.68 Å². The molecule has 1 aliphatic carbocycles. The first-order chi connectivity index (χ1) is 9.83. The van der Waals surface area contributed by atoms with Gasteiger partial charge in [-0.05, 0) is 55.9 Å². The van der Waals surface area contributed by atoms with Gasteiger partial charge >= 0.3 is 0 Å². The van der Waals surface area contributed by atoms with E-state index < -0.39 is 0 Å². The summed E-state index contributed by atoms with van der Waals surface area (Å²) in [5, 5.41) is 4.78. The second kappa shape index (κ2) is 6.51. The zero-order chi connectivity index (χ0) is 15.6. The van der Waals surface area contributed by atoms with Crippen molar-refractivity contribution in [3.05, 3.63) is 18.0 Å². The Morgan fingerprint density at radius 2 is 2.14 bits per heavy atom. The minimum atomic E-state index is 0.230. The second-order valence-corrected chi connectivity index (χ2v) is 7.90. The summed E-state index contributed by atoms with van der Waals surface area (Å²) >= 11 is 0. The SMILES string of the molecule is CCC(C)n1ccc(CC(C)(C)C2CCC(C)CC2N)n1. The van der Waals surface area contributed by atoms with Crippen LogP contribution in [0.5, 0.6) is 0 Å². The van der Waals surface area contributed by atoms with Crippen LogP contribution in [-0.4, -0.2) is 15.8 Å². The van der Waals surface area contributed by atoms with Crippen LogP contribution in [0.1, 0.15) is 72.0 Å². The number of hydrogen-bond donors (Lipinski definition) is 1. The molecule has 0 aromatic carbocycles. The van der Waals surface area contributed by atoms with Crippen LogP contribution in [0.15, 0.2) is 12.3 Å². The molecule has 21 heavy (non-hydrogen) atoms. The quantitative estimate of drug-likeness (QED) is 0.884. The number of rotatable bonds is 5. The van der Waals surface area contributed by atoms with Crippen LogP contribution in [0.25, 0.3) is 0 Å². The lowest BCUT2D eigenvalue weighted by molar-refractivity contribution is 0.112. The van der Waals surface area contributed by atoms with Crippen molar-refractivity contribution in [2.75, 3.05) is 0 Å². The van der Waals surface area contributed by atoms with Crippen molar-refractivity contribution in [3.8, 4) is 0 Å². The van der Waals surface area contributed by atoms with E-state index in [0.717, 1.165) is 18.8 Å². The van der Waals surface area contributed by atoms with Crippen LogP contribution < -0.4 is 5.73 Å². The fourth-order valence-corrected chi connectivity index (χ4v) is 3.90. The largest absolute Gasteiger partial charge is 0.327 e. The average molecular weight is 291 g/mol. The van der Waals surface area contributed by atoms with Crippen molar-refractivity contribution in [3.63, 3.8) is 0 Å². The molecule has 1 heterocycles. The van der Waals surface area contributed by atoms with Crippen molar-refractivity contribution in [1.82, 2.24) is 9.78 Å². The van der Waals surface area contributed by atoms with Gasteiger partial charge in [0.05, 0.1) is 5.69 Å². The molecule has 1 aromatic rings. The van der Waals surface area contributed by atoms with E-state index >= 15 is 0 Å². The molecular formula is C18H33N3. The number of hydrogen-bond acceptors (Lipinski definition) is 2. The number of aromatic nitrogens is 2. The highest BCUT2D eigenvalue weighted by Crippen LogP contribution is 2.41. The summed E-state index contributed by atoms with van der Waals surface area (Å²) in [6.07, 6.45) is 8.04. The Bertz CT molecular complexity index is 449. The molecule has 3 heteroatoms. The molecule has 1 fully saturated rings. The van der Waals surface area contributed by atoms with Crippen LogP contribution in [0.2, 0.25) is 0 Å². The van der Waals surface area contributed by atoms with E-state index in [1.807, 2.05) is 0 Å². The van der Waals surface area contributed by atoms with Crippen LogP contribution >= 0.6 is 0 Å². The Hall–Kier alpha value is -0.830. The van der Waals surface area contributed by atoms with E-state index in [4.69, 9.17) is 10.8 Å². The lowest BCUT2D eigenvalue weighted by Gasteiger charge is -2.42. The highest BCUT2D eigenvalue weighted by Gasteiger charge is 2.37. The van der Waals surface area contributed by atoms with Crippen LogP contribution in [0.4, 0.5) is 0 Å². The van der Waals surface area contributed by atoms with Crippen molar-refractivity contribution >= 4 is 0 Å². The van der Waals surface area contributed by atoms with E-state index in [1.54, 1.807) is 0 Å². The van der Waals surface area contributed by atoms with Gasteiger partial charge in [-0.1, -0.05) is 34.1 Å². The molecule has 0 saturated heterocycles. The summed E-state index contributed by atoms with van der Waals surface area (Å²) in [5.41, 5.74) is 7.90. The Morgan fingerprint density at radius 3 is 2.76 bits per heavy atom. The molecule has 0 amide bonds. The Kier molecular flexibility index (Phi) is 5.13. The molecule has 2 rings (SSSR count). The van der Waals surface area contributed by atoms with E-state index in [-0.39, 0.29) is 5.41 Å². The molecule has 4 atom stereocenters. The molecule has 1 aliphatic rings. The molecule has 0 radical (unpaired) electrons. The number of nitrogens with zero attached hydrogens (tertiary/aromatic N) is 2. The first kappa shape index (κ1) is 16.5. The van der Waals surface area contributed by atoms with Gasteiger partial charge in [-0.25, -0.2) is 0 Å². The fourth-order valence-electron chi connectivity index (χ4n) is 3.90. The molecule has 2 N–H and O–H groups in total. The van der Waals surface area contributed by atoms with Gasteiger partial charge in [-0.2, -0.15) is 5.10 Å². The lowest BCUT2D eigenvalue weighted by Crippen LogP contribution is -2.44. The first-order valence-electron chi connectivity index (χ1n) is 8.63. The molecular weight excluding hydrogens is 258 g/mol. The summed E-state index contributed by atoms with van der Waals surface area (Å²) in [5.74, 6) is 1.40. The van der Waals surface area contributed by atoms with Crippen LogP contribution in [0.3, 0.4) is 0 Å². The van der Waals surface area contributed by atoms with Crippen LogP contribution in [-0.2, 0) is 6.42 Å². The maximum atomic E-state index is 6.46. The van der Waals surface area contributed by atoms with E-state index in [9.17, 15) is 0 Å². The summed E-state index contributed by atoms with van der Waals surface area (Å²) in [7, 11) is 0. The predicted octanol–water partition coefficient (Wildman–Crippen LogP) is 4.19. The molecule has 0 spiro atoms. The molecule has 4 unspecified atom stereocenters. The van der Waals surface area contributed by atoms with Gasteiger partial charge in [0.2, 0.25) is 0 Å². The molecule has 120 valence electrons. The monoisotopic (exact) mass is 291 g/mol. The third kappa shape index (κ3) is 3.88. The van der Waals surface area contributed by atoms with Gasteiger partial charge in [-0.15, -0.1) is 0 Å². The molecule has 3 nitrogen and oxygen atoms in total. The van der Waals surface area contributed by atoms with Gasteiger partial charge in [0.15, 0.2) is 0 Å². The van der Waals surface area contributed by atoms with Crippen molar-refractivity contribution in [2.45, 2.75) is 78.8 Å². The first-order valence-corrected chi connectivity index (χ1v) is 8.63. The summed E-state index contributed by atoms with van der Waals surface area (Å²) in [4.78, 5) is 0. The van der Waals surface area contributed by atoms with E-state index in [1.165, 1.54) is 25.0 Å². The summed E-state index contributed by atoms with van der Waals surface area (Å²) in [6, 6.07) is 3.02. The van der Waals surface area contributed by atoms with Crippen molar-refractivity contribution in [1.29, 1.82) is 0 Å². The minimum Gasteiger partial charge on any atom is -0.327 e. The maximum absolute atomic E-state index is 6.46. The Morgan fingerprint density at radius 1 is 1.43 bits per heavy atom. The smallest absolute Gasteiger partial charge is 0.0630 e. The fraction of sp³-hybridized carbons (Fsp3) is 0.833. The molecule has 0 aliphatic heterocycles. The molecule has 1 saturated carbocycles. The standard InChI is InChI=1S/C18H33N3/c1-6-14(3)21-10-9-15(20-21)12-18(4,5)16-8-7-13(2)11-17(16)19/h9-10,13-14,16-17H,6-8,11-12,19H2,1-5H3. The Balaban J connectivity index is 2.04. The van der Waals surface area contributed by atoms with E-state index in [2.05, 4.69) is 51.6 Å². The third-order valence-electron chi connectivity index (χ3n) is 5.51. The minimum absolute atomic E-state index is 0.230. The number of nitrogens with two attached hydrogens (primary N) is 1. The van der Waals surface area contributed by atoms with Crippen molar-refractivity contribution < 1.29 is 0 Å². The van der Waals surface area contributed by atoms with Crippen molar-refractivity contribution in [2.24, 2.45) is 23.0 Å². The van der Waals surface area contributed by atoms with Gasteiger partial charge in [0.25, 0.3) is 0 Å². The Labute approximate surface area is 130 Å². The topological polar surface area (TPSA) is 43.8 Å². The predicted molar refractivity (Wildman–Crippen MR) is 89.2 cm³/mol. The highest BCUT2D eigenvalue weighted by atomic mass is 15.3. The van der Waals surface area contributed by atoms with Gasteiger partial charge in [0, 0.05) is 18.3 Å². The zero-order valence-corrected chi connectivity index (χ0v) is 14.5. The highest BCUT2D eigenvalue weighted by molar-refractivity contribution is 5.05. The zero-order valence-electron chi connectivity index (χ0n) is 14.5. The average Bonchev–Trinajstić information content (AvgIpc) is 2.85. The normalized spacial score (nSPS) is 28.6. The van der Waals surface area contributed by atoms with Crippen LogP contribution in [0, 0.1) is 17.3 Å². The van der Waals surface area contributed by atoms with Gasteiger partial charge < -0.3 is 5.73 Å². The van der Waals surface area contributed by atoms with Gasteiger partial charge in [0.1, 0.15) is 0 Å². The molecule has 0 bridgehead atoms. The summed E-state index contributed by atoms with van der Waals surface area (Å²) in [6.45, 7) is 11.5.